The number of esters is 2. The van der Waals surface area contributed by atoms with Crippen molar-refractivity contribution >= 4 is 29.0 Å². The lowest BCUT2D eigenvalue weighted by atomic mass is 10.1. The molecule has 1 aromatic rings. The molecule has 0 radical (unpaired) electrons. The topological polar surface area (TPSA) is 101 Å². The molecule has 20 heavy (non-hydrogen) atoms. The molecule has 1 heterocycles. The van der Waals surface area contributed by atoms with E-state index < -0.39 is 11.9 Å². The molecule has 7 nitrogen and oxygen atoms in total. The van der Waals surface area contributed by atoms with Gasteiger partial charge < -0.3 is 15.0 Å². The van der Waals surface area contributed by atoms with Gasteiger partial charge in [0.05, 0.1) is 17.9 Å². The molecule has 0 aliphatic carbocycles. The van der Waals surface area contributed by atoms with Gasteiger partial charge in [0, 0.05) is 6.92 Å². The standard InChI is InChI=1S/C13H11N3O4/c1-3-19-13(18)12-11(16-14)9-6-8(20-7(2)17)4-5-10(9)15-12/h4-6H,3H2,1-2H3. The average Bonchev–Trinajstić information content (AvgIpc) is 2.76. The summed E-state index contributed by atoms with van der Waals surface area (Å²) < 4.78 is 9.77. The molecule has 1 aliphatic rings. The molecule has 0 aromatic heterocycles. The van der Waals surface area contributed by atoms with Crippen LogP contribution >= 0.6 is 0 Å². The molecule has 0 fully saturated rings. The van der Waals surface area contributed by atoms with Crippen LogP contribution in [0.2, 0.25) is 0 Å². The summed E-state index contributed by atoms with van der Waals surface area (Å²) in [6.07, 6.45) is 0. The molecule has 2 rings (SSSR count). The number of fused-ring (bicyclic) bond motifs is 1. The highest BCUT2D eigenvalue weighted by Gasteiger charge is 2.36. The lowest BCUT2D eigenvalue weighted by Gasteiger charge is -2.01. The Balaban J connectivity index is 2.40. The highest BCUT2D eigenvalue weighted by atomic mass is 16.5. The van der Waals surface area contributed by atoms with Crippen LogP contribution in [0.15, 0.2) is 23.2 Å². The third kappa shape index (κ3) is 2.48. The van der Waals surface area contributed by atoms with Crippen LogP contribution in [0.3, 0.4) is 0 Å². The van der Waals surface area contributed by atoms with E-state index in [1.54, 1.807) is 13.0 Å². The maximum absolute atomic E-state index is 11.7. The van der Waals surface area contributed by atoms with Crippen molar-refractivity contribution in [2.45, 2.75) is 13.8 Å². The molecular weight excluding hydrogens is 262 g/mol. The third-order valence-electron chi connectivity index (χ3n) is 2.51. The normalized spacial score (nSPS) is 12.3. The Morgan fingerprint density at radius 3 is 2.75 bits per heavy atom. The van der Waals surface area contributed by atoms with Crippen LogP contribution in [-0.2, 0) is 14.3 Å². The van der Waals surface area contributed by atoms with E-state index >= 15 is 0 Å². The van der Waals surface area contributed by atoms with Crippen LogP contribution in [0.4, 0.5) is 5.69 Å². The Bertz CT molecular complexity index is 672. The molecule has 0 spiro atoms. The second-order valence-corrected chi connectivity index (χ2v) is 3.90. The van der Waals surface area contributed by atoms with Gasteiger partial charge in [0.2, 0.25) is 5.71 Å². The number of benzene rings is 1. The molecule has 7 heteroatoms. The van der Waals surface area contributed by atoms with Crippen LogP contribution in [0.5, 0.6) is 5.75 Å². The number of hydrogen-bond acceptors (Lipinski definition) is 5. The maximum Gasteiger partial charge on any atom is 0.365 e. The summed E-state index contributed by atoms with van der Waals surface area (Å²) in [5.41, 5.74) is 9.82. The van der Waals surface area contributed by atoms with E-state index in [9.17, 15) is 9.59 Å². The molecule has 0 unspecified atom stereocenters. The van der Waals surface area contributed by atoms with Crippen molar-refractivity contribution in [3.05, 3.63) is 29.3 Å². The fourth-order valence-corrected chi connectivity index (χ4v) is 1.78. The summed E-state index contributed by atoms with van der Waals surface area (Å²) in [7, 11) is 0. The first-order valence-electron chi connectivity index (χ1n) is 5.88. The van der Waals surface area contributed by atoms with Crippen molar-refractivity contribution in [3.8, 4) is 5.75 Å². The Kier molecular flexibility index (Phi) is 3.72. The predicted molar refractivity (Wildman–Crippen MR) is 69.2 cm³/mol. The van der Waals surface area contributed by atoms with Gasteiger partial charge in [-0.25, -0.2) is 9.79 Å². The highest BCUT2D eigenvalue weighted by Crippen LogP contribution is 2.30. The van der Waals surface area contributed by atoms with E-state index in [1.807, 2.05) is 0 Å². The van der Waals surface area contributed by atoms with Crippen molar-refractivity contribution in [1.29, 1.82) is 0 Å². The number of rotatable bonds is 3. The number of carbonyl (C=O) groups is 2. The lowest BCUT2D eigenvalue weighted by molar-refractivity contribution is -0.135. The molecule has 102 valence electrons. The molecule has 0 N–H and O–H groups in total. The van der Waals surface area contributed by atoms with Crippen LogP contribution in [0.25, 0.3) is 5.53 Å². The minimum absolute atomic E-state index is 0.00699. The summed E-state index contributed by atoms with van der Waals surface area (Å²) in [6, 6.07) is 4.57. The quantitative estimate of drug-likeness (QED) is 0.358. The van der Waals surface area contributed by atoms with Gasteiger partial charge in [-0.05, 0) is 25.1 Å². The van der Waals surface area contributed by atoms with Crippen molar-refractivity contribution in [1.82, 2.24) is 0 Å². The zero-order valence-electron chi connectivity index (χ0n) is 10.9. The molecule has 0 amide bonds. The third-order valence-corrected chi connectivity index (χ3v) is 2.51. The van der Waals surface area contributed by atoms with Crippen LogP contribution in [0, 0.1) is 0 Å². The molecule has 0 bridgehead atoms. The fraction of sp³-hybridized carbons (Fsp3) is 0.231. The summed E-state index contributed by atoms with van der Waals surface area (Å²) in [5.74, 6) is -0.875. The van der Waals surface area contributed by atoms with Gasteiger partial charge in [-0.3, -0.25) is 4.79 Å². The Morgan fingerprint density at radius 2 is 2.15 bits per heavy atom. The van der Waals surface area contributed by atoms with Gasteiger partial charge in [0.1, 0.15) is 5.75 Å². The summed E-state index contributed by atoms with van der Waals surface area (Å²) in [6.45, 7) is 3.12. The van der Waals surface area contributed by atoms with E-state index in [2.05, 4.69) is 9.78 Å². The first kappa shape index (κ1) is 13.6. The average molecular weight is 273 g/mol. The van der Waals surface area contributed by atoms with E-state index in [0.717, 1.165) is 0 Å². The lowest BCUT2D eigenvalue weighted by Crippen LogP contribution is -2.25. The van der Waals surface area contributed by atoms with Crippen molar-refractivity contribution in [2.24, 2.45) is 4.99 Å². The largest absolute Gasteiger partial charge is 0.461 e. The Morgan fingerprint density at radius 1 is 1.40 bits per heavy atom. The van der Waals surface area contributed by atoms with Crippen LogP contribution in [-0.4, -0.2) is 34.8 Å². The van der Waals surface area contributed by atoms with Crippen LogP contribution < -0.4 is 4.74 Å². The second kappa shape index (κ2) is 5.46. The number of ether oxygens (including phenoxy) is 2. The molecule has 0 saturated heterocycles. The van der Waals surface area contributed by atoms with E-state index in [0.29, 0.717) is 11.3 Å². The molecule has 0 atom stereocenters. The fourth-order valence-electron chi connectivity index (χ4n) is 1.78. The first-order chi connectivity index (χ1) is 9.56. The van der Waals surface area contributed by atoms with E-state index in [1.165, 1.54) is 19.1 Å². The second-order valence-electron chi connectivity index (χ2n) is 3.90. The van der Waals surface area contributed by atoms with Crippen molar-refractivity contribution in [3.63, 3.8) is 0 Å². The monoisotopic (exact) mass is 273 g/mol. The van der Waals surface area contributed by atoms with Crippen molar-refractivity contribution < 1.29 is 23.9 Å². The number of nitrogens with zero attached hydrogens (tertiary/aromatic N) is 3. The van der Waals surface area contributed by atoms with Gasteiger partial charge >= 0.3 is 17.7 Å². The molecule has 1 aromatic carbocycles. The minimum atomic E-state index is -0.675. The SMILES string of the molecule is CCOC(=O)C1=Nc2ccc(OC(C)=O)cc2C1=[N+]=[N-]. The van der Waals surface area contributed by atoms with Gasteiger partial charge in [-0.1, -0.05) is 0 Å². The molecular formula is C13H11N3O4. The van der Waals surface area contributed by atoms with E-state index in [4.69, 9.17) is 15.0 Å². The van der Waals surface area contributed by atoms with Crippen LogP contribution in [0.1, 0.15) is 19.4 Å². The number of carbonyl (C=O) groups excluding carboxylic acids is 2. The zero-order chi connectivity index (χ0) is 14.7. The highest BCUT2D eigenvalue weighted by molar-refractivity contribution is 6.70. The Hall–Kier alpha value is -2.79. The first-order valence-corrected chi connectivity index (χ1v) is 5.88. The van der Waals surface area contributed by atoms with Gasteiger partial charge in [-0.15, -0.1) is 0 Å². The van der Waals surface area contributed by atoms with E-state index in [-0.39, 0.29) is 23.8 Å². The Labute approximate surface area is 114 Å². The maximum atomic E-state index is 11.7. The van der Waals surface area contributed by atoms with Crippen molar-refractivity contribution in [2.75, 3.05) is 6.61 Å². The van der Waals surface area contributed by atoms with Gasteiger partial charge in [-0.2, -0.15) is 4.79 Å². The summed E-state index contributed by atoms with van der Waals surface area (Å²) in [4.78, 5) is 29.8. The van der Waals surface area contributed by atoms with Gasteiger partial charge in [0.15, 0.2) is 0 Å². The summed E-state index contributed by atoms with van der Waals surface area (Å²) >= 11 is 0. The summed E-state index contributed by atoms with van der Waals surface area (Å²) in [5, 5.41) is 0. The molecule has 0 saturated carbocycles. The predicted octanol–water partition coefficient (Wildman–Crippen LogP) is 1.28. The van der Waals surface area contributed by atoms with Gasteiger partial charge in [0.25, 0.3) is 0 Å². The molecule has 1 aliphatic heterocycles. The zero-order valence-corrected chi connectivity index (χ0v) is 10.9. The number of hydrogen-bond donors (Lipinski definition) is 0. The smallest absolute Gasteiger partial charge is 0.365 e. The number of aliphatic imine (C=N–C) groups is 1. The minimum Gasteiger partial charge on any atom is -0.461 e.